The Morgan fingerprint density at radius 2 is 1.38 bits per heavy atom. The molecule has 1 aliphatic heterocycles. The van der Waals surface area contributed by atoms with Crippen LogP contribution in [0.3, 0.4) is 0 Å². The lowest BCUT2D eigenvalue weighted by Crippen LogP contribution is -2.19. The molecular weight excluding hydrogens is 500 g/mol. The van der Waals surface area contributed by atoms with Gasteiger partial charge in [0.15, 0.2) is 11.6 Å². The summed E-state index contributed by atoms with van der Waals surface area (Å²) >= 11 is 0. The summed E-state index contributed by atoms with van der Waals surface area (Å²) in [6.45, 7) is 1.68. The third kappa shape index (κ3) is 4.75. The van der Waals surface area contributed by atoms with Crippen LogP contribution in [-0.4, -0.2) is 37.1 Å². The number of phenols is 5. The number of phenolic OH excluding ortho intramolecular Hbond substituents is 5. The van der Waals surface area contributed by atoms with Gasteiger partial charge in [0.2, 0.25) is 0 Å². The summed E-state index contributed by atoms with van der Waals surface area (Å²) in [5.41, 5.74) is 1.87. The molecule has 0 bridgehead atoms. The molecule has 1 heterocycles. The lowest BCUT2D eigenvalue weighted by molar-refractivity contribution is 0.0892. The van der Waals surface area contributed by atoms with Gasteiger partial charge in [-0.15, -0.1) is 0 Å². The zero-order valence-electron chi connectivity index (χ0n) is 20.7. The zero-order valence-corrected chi connectivity index (χ0v) is 20.7. The molecule has 0 aliphatic carbocycles. The van der Waals surface area contributed by atoms with Crippen molar-refractivity contribution in [2.45, 2.75) is 18.9 Å². The molecule has 4 aromatic rings. The van der Waals surface area contributed by atoms with E-state index in [4.69, 9.17) is 4.74 Å². The zero-order chi connectivity index (χ0) is 27.8. The van der Waals surface area contributed by atoms with Gasteiger partial charge in [0.05, 0.1) is 11.5 Å². The van der Waals surface area contributed by atoms with Gasteiger partial charge < -0.3 is 30.3 Å². The monoisotopic (exact) mass is 524 g/mol. The molecule has 0 spiro atoms. The van der Waals surface area contributed by atoms with Crippen molar-refractivity contribution in [2.24, 2.45) is 0 Å². The smallest absolute Gasteiger partial charge is 0.193 e. The van der Waals surface area contributed by atoms with Gasteiger partial charge in [-0.3, -0.25) is 9.59 Å². The second kappa shape index (κ2) is 9.90. The second-order valence-electron chi connectivity index (χ2n) is 9.29. The van der Waals surface area contributed by atoms with Crippen LogP contribution in [-0.2, 0) is 0 Å². The Labute approximate surface area is 223 Å². The van der Waals surface area contributed by atoms with Crippen LogP contribution in [0.4, 0.5) is 0 Å². The Morgan fingerprint density at radius 3 is 2.03 bits per heavy atom. The topological polar surface area (TPSA) is 145 Å². The van der Waals surface area contributed by atoms with Gasteiger partial charge in [-0.2, -0.15) is 0 Å². The summed E-state index contributed by atoms with van der Waals surface area (Å²) in [5.74, 6) is -2.92. The molecule has 5 rings (SSSR count). The van der Waals surface area contributed by atoms with Crippen LogP contribution in [0.2, 0.25) is 0 Å². The maximum atomic E-state index is 13.9. The standard InChI is InChI=1S/C31H24O8/c1-16-14-25(37)27(23(35)13-4-17-2-7-19(32)8-3-17)31-26(16)28(29(38)22-12-11-21(34)15-24(22)36)30(39-31)18-5-9-20(33)10-6-18/h2-15,28,30,32-34,36-37H,1H3/t28-,30+/m1/s1. The Kier molecular flexibility index (Phi) is 6.45. The SMILES string of the molecule is Cc1cc(O)c(C(=O)C=Cc2ccc(O)cc2)c2c1[C@H](C(=O)c1ccc(O)cc1O)[C@H](c1ccc(O)cc1)O2. The third-order valence-corrected chi connectivity index (χ3v) is 6.68. The molecule has 39 heavy (non-hydrogen) atoms. The van der Waals surface area contributed by atoms with E-state index < -0.39 is 29.3 Å². The van der Waals surface area contributed by atoms with Crippen molar-refractivity contribution in [3.8, 4) is 34.5 Å². The number of hydrogen-bond acceptors (Lipinski definition) is 8. The van der Waals surface area contributed by atoms with E-state index in [9.17, 15) is 35.1 Å². The highest BCUT2D eigenvalue weighted by Gasteiger charge is 2.45. The number of Topliss-reactive ketones (excluding diaryl/α,β-unsaturated/α-hetero) is 1. The number of carbonyl (C=O) groups is 2. The number of aromatic hydroxyl groups is 5. The van der Waals surface area contributed by atoms with Gasteiger partial charge in [0.1, 0.15) is 46.2 Å². The lowest BCUT2D eigenvalue weighted by atomic mass is 9.82. The van der Waals surface area contributed by atoms with Gasteiger partial charge in [0.25, 0.3) is 0 Å². The summed E-state index contributed by atoms with van der Waals surface area (Å²) in [4.78, 5) is 27.2. The van der Waals surface area contributed by atoms with Gasteiger partial charge in [-0.1, -0.05) is 30.3 Å². The number of rotatable bonds is 6. The van der Waals surface area contributed by atoms with Crippen molar-refractivity contribution in [1.29, 1.82) is 0 Å². The minimum absolute atomic E-state index is 0.0115. The van der Waals surface area contributed by atoms with Crippen LogP contribution in [0.15, 0.2) is 78.9 Å². The van der Waals surface area contributed by atoms with Crippen LogP contribution in [0.25, 0.3) is 6.08 Å². The average Bonchev–Trinajstić information content (AvgIpc) is 3.29. The van der Waals surface area contributed by atoms with Crippen molar-refractivity contribution in [3.05, 3.63) is 112 Å². The van der Waals surface area contributed by atoms with Crippen molar-refractivity contribution in [3.63, 3.8) is 0 Å². The molecule has 0 radical (unpaired) electrons. The van der Waals surface area contributed by atoms with Crippen LogP contribution >= 0.6 is 0 Å². The number of aryl methyl sites for hydroxylation is 1. The molecule has 2 atom stereocenters. The van der Waals surface area contributed by atoms with E-state index in [1.807, 2.05) is 0 Å². The minimum atomic E-state index is -1.02. The highest BCUT2D eigenvalue weighted by molar-refractivity contribution is 6.12. The van der Waals surface area contributed by atoms with E-state index in [2.05, 4.69) is 0 Å². The number of hydrogen-bond donors (Lipinski definition) is 5. The van der Waals surface area contributed by atoms with Gasteiger partial charge in [-0.05, 0) is 72.2 Å². The summed E-state index contributed by atoms with van der Waals surface area (Å²) < 4.78 is 6.25. The Hall–Kier alpha value is -5.24. The number of ketones is 2. The fraction of sp³-hybridized carbons (Fsp3) is 0.0968. The maximum Gasteiger partial charge on any atom is 0.193 e. The first kappa shape index (κ1) is 25.4. The summed E-state index contributed by atoms with van der Waals surface area (Å²) in [5, 5.41) is 50.2. The van der Waals surface area contributed by atoms with E-state index in [0.717, 1.165) is 6.07 Å². The van der Waals surface area contributed by atoms with Crippen LogP contribution in [0.5, 0.6) is 34.5 Å². The van der Waals surface area contributed by atoms with Crippen molar-refractivity contribution < 1.29 is 39.9 Å². The van der Waals surface area contributed by atoms with Crippen molar-refractivity contribution >= 4 is 17.6 Å². The second-order valence-corrected chi connectivity index (χ2v) is 9.29. The largest absolute Gasteiger partial charge is 0.508 e. The first-order chi connectivity index (χ1) is 18.6. The molecule has 5 N–H and O–H groups in total. The molecule has 0 fully saturated rings. The van der Waals surface area contributed by atoms with Gasteiger partial charge in [0, 0.05) is 11.6 Å². The average molecular weight is 525 g/mol. The Balaban J connectivity index is 1.64. The lowest BCUT2D eigenvalue weighted by Gasteiger charge is -2.20. The van der Waals surface area contributed by atoms with Gasteiger partial charge >= 0.3 is 0 Å². The minimum Gasteiger partial charge on any atom is -0.508 e. The summed E-state index contributed by atoms with van der Waals surface area (Å²) in [7, 11) is 0. The number of allylic oxidation sites excluding steroid dienone is 1. The van der Waals surface area contributed by atoms with E-state index in [1.54, 1.807) is 31.2 Å². The first-order valence-corrected chi connectivity index (χ1v) is 12.0. The molecular formula is C31H24O8. The first-order valence-electron chi connectivity index (χ1n) is 12.0. The Morgan fingerprint density at radius 1 is 0.769 bits per heavy atom. The molecule has 0 amide bonds. The predicted molar refractivity (Wildman–Crippen MR) is 143 cm³/mol. The molecule has 0 saturated carbocycles. The van der Waals surface area contributed by atoms with E-state index in [1.165, 1.54) is 54.6 Å². The van der Waals surface area contributed by atoms with Crippen LogP contribution in [0, 0.1) is 6.92 Å². The molecule has 0 saturated heterocycles. The number of ether oxygens (including phenoxy) is 1. The summed E-state index contributed by atoms with van der Waals surface area (Å²) in [6, 6.07) is 17.3. The highest BCUT2D eigenvalue weighted by Crippen LogP contribution is 2.53. The quantitative estimate of drug-likeness (QED) is 0.164. The molecule has 1 aliphatic rings. The van der Waals surface area contributed by atoms with Crippen molar-refractivity contribution in [1.82, 2.24) is 0 Å². The maximum absolute atomic E-state index is 13.9. The summed E-state index contributed by atoms with van der Waals surface area (Å²) in [6.07, 6.45) is 1.84. The number of carbonyl (C=O) groups excluding carboxylic acids is 2. The fourth-order valence-corrected chi connectivity index (χ4v) is 4.81. The molecule has 0 aromatic heterocycles. The number of benzene rings is 4. The van der Waals surface area contributed by atoms with Crippen molar-refractivity contribution in [2.75, 3.05) is 0 Å². The Bertz CT molecular complexity index is 1620. The molecule has 8 nitrogen and oxygen atoms in total. The molecule has 4 aromatic carbocycles. The third-order valence-electron chi connectivity index (χ3n) is 6.68. The van der Waals surface area contributed by atoms with Crippen LogP contribution < -0.4 is 4.74 Å². The number of fused-ring (bicyclic) bond motifs is 1. The predicted octanol–water partition coefficient (Wildman–Crippen LogP) is 5.52. The highest BCUT2D eigenvalue weighted by atomic mass is 16.5. The molecule has 8 heteroatoms. The normalized spacial score (nSPS) is 16.1. The van der Waals surface area contributed by atoms with Gasteiger partial charge in [-0.25, -0.2) is 0 Å². The van der Waals surface area contributed by atoms with Crippen LogP contribution in [0.1, 0.15) is 55.0 Å². The molecule has 196 valence electrons. The van der Waals surface area contributed by atoms with E-state index in [0.29, 0.717) is 22.3 Å². The fourth-order valence-electron chi connectivity index (χ4n) is 4.81. The van der Waals surface area contributed by atoms with E-state index in [-0.39, 0.29) is 39.9 Å². The molecule has 0 unspecified atom stereocenters. The van der Waals surface area contributed by atoms with E-state index >= 15 is 0 Å².